The highest BCUT2D eigenvalue weighted by molar-refractivity contribution is 5.63. The molecule has 0 saturated heterocycles. The molecule has 10 heteroatoms. The number of methoxy groups -OCH3 is 1. The van der Waals surface area contributed by atoms with Crippen molar-refractivity contribution in [3.05, 3.63) is 65.2 Å². The van der Waals surface area contributed by atoms with Crippen LogP contribution in [0.25, 0.3) is 5.69 Å². The minimum Gasteiger partial charge on any atom is -0.494 e. The molecule has 0 saturated carbocycles. The Morgan fingerprint density at radius 3 is 2.75 bits per heavy atom. The van der Waals surface area contributed by atoms with E-state index in [4.69, 9.17) is 9.72 Å². The van der Waals surface area contributed by atoms with Gasteiger partial charge in [-0.25, -0.2) is 23.4 Å². The molecule has 2 atom stereocenters. The number of halogens is 2. The van der Waals surface area contributed by atoms with Crippen LogP contribution in [0, 0.1) is 6.92 Å². The molecule has 2 N–H and O–H groups in total. The second kappa shape index (κ2) is 10.0. The molecule has 1 unspecified atom stereocenters. The van der Waals surface area contributed by atoms with E-state index in [1.54, 1.807) is 24.2 Å². The molecule has 3 aromatic rings. The van der Waals surface area contributed by atoms with Crippen molar-refractivity contribution in [2.24, 2.45) is 0 Å². The van der Waals surface area contributed by atoms with E-state index in [9.17, 15) is 4.39 Å². The highest BCUT2D eigenvalue weighted by Crippen LogP contribution is 2.42. The molecule has 2 aliphatic rings. The smallest absolute Gasteiger partial charge is 0.229 e. The van der Waals surface area contributed by atoms with Crippen LogP contribution in [0.4, 0.5) is 26.2 Å². The Morgan fingerprint density at radius 1 is 1.14 bits per heavy atom. The van der Waals surface area contributed by atoms with Crippen LogP contribution in [-0.2, 0) is 6.42 Å². The van der Waals surface area contributed by atoms with Crippen LogP contribution in [0.15, 0.2) is 48.1 Å². The van der Waals surface area contributed by atoms with Crippen LogP contribution < -0.4 is 15.4 Å². The number of hydrogen-bond acceptors (Lipinski definition) is 7. The fraction of sp³-hybridized carbons (Fsp3) is 0.385. The number of nitrogens with zero attached hydrogens (tertiary/aromatic N) is 5. The van der Waals surface area contributed by atoms with E-state index in [1.807, 2.05) is 32.2 Å². The number of fused-ring (bicyclic) bond motifs is 1. The monoisotopic (exact) mass is 493 g/mol. The van der Waals surface area contributed by atoms with Crippen molar-refractivity contribution < 1.29 is 13.5 Å². The fourth-order valence-electron chi connectivity index (χ4n) is 4.92. The van der Waals surface area contributed by atoms with E-state index >= 15 is 4.39 Å². The van der Waals surface area contributed by atoms with Crippen LogP contribution >= 0.6 is 0 Å². The number of alkyl halides is 1. The average molecular weight is 494 g/mol. The Labute approximate surface area is 208 Å². The number of benzene rings is 1. The van der Waals surface area contributed by atoms with Gasteiger partial charge < -0.3 is 15.4 Å². The predicted molar refractivity (Wildman–Crippen MR) is 135 cm³/mol. The van der Waals surface area contributed by atoms with Crippen LogP contribution in [-0.4, -0.2) is 45.1 Å². The molecule has 2 aliphatic carbocycles. The molecule has 0 fully saturated rings. The Kier molecular flexibility index (Phi) is 6.67. The number of anilines is 3. The highest BCUT2D eigenvalue weighted by atomic mass is 19.1. The summed E-state index contributed by atoms with van der Waals surface area (Å²) in [5.74, 6) is 1.85. The molecule has 188 valence electrons. The Balaban J connectivity index is 1.50. The molecular weight excluding hydrogens is 464 g/mol. The lowest BCUT2D eigenvalue weighted by atomic mass is 9.80. The second-order valence-corrected chi connectivity index (χ2v) is 8.99. The number of allylic oxidation sites excluding steroid dienone is 4. The van der Waals surface area contributed by atoms with E-state index < -0.39 is 6.17 Å². The molecule has 0 spiro atoms. The van der Waals surface area contributed by atoms with E-state index in [0.29, 0.717) is 28.9 Å². The summed E-state index contributed by atoms with van der Waals surface area (Å²) in [6.45, 7) is 1.82. The standard InChI is InChI=1S/C26H29F2N7O/c1-15-30-14-35(34-15)22-12-9-17(13-23(22)36-3)31-26-32-24-19(5-4-6-20(24)25(29-2)33-26)18-10-7-16(27)8-11-21(18)28/h7,9-10,12-14,19,21H,4-6,8,11H2,1-3H3,(H2,29,31,32,33)/t19?,21-/m0/s1. The van der Waals surface area contributed by atoms with Gasteiger partial charge in [-0.15, -0.1) is 0 Å². The molecule has 36 heavy (non-hydrogen) atoms. The lowest BCUT2D eigenvalue weighted by Crippen LogP contribution is -2.21. The van der Waals surface area contributed by atoms with Crippen molar-refractivity contribution >= 4 is 17.5 Å². The summed E-state index contributed by atoms with van der Waals surface area (Å²) in [7, 11) is 3.41. The molecule has 5 rings (SSSR count). The summed E-state index contributed by atoms with van der Waals surface area (Å²) in [6, 6.07) is 5.60. The molecule has 1 aromatic carbocycles. The molecule has 0 bridgehead atoms. The van der Waals surface area contributed by atoms with Gasteiger partial charge in [0, 0.05) is 36.7 Å². The third-order valence-electron chi connectivity index (χ3n) is 6.67. The maximum absolute atomic E-state index is 15.1. The Bertz CT molecular complexity index is 1330. The van der Waals surface area contributed by atoms with Gasteiger partial charge in [0.05, 0.1) is 12.8 Å². The number of nitrogens with one attached hydrogen (secondary N) is 2. The van der Waals surface area contributed by atoms with Gasteiger partial charge in [0.2, 0.25) is 5.95 Å². The number of aromatic nitrogens is 5. The fourth-order valence-corrected chi connectivity index (χ4v) is 4.92. The SMILES string of the molecule is CNc1nc(Nc2ccc(-n3cnc(C)n3)c(OC)c2)nc2c1CCCC2C1=CC=C(F)CC[C@@H]1F. The lowest BCUT2D eigenvalue weighted by molar-refractivity contribution is 0.334. The molecule has 2 heterocycles. The lowest BCUT2D eigenvalue weighted by Gasteiger charge is -2.29. The molecule has 0 radical (unpaired) electrons. The molecule has 0 aliphatic heterocycles. The van der Waals surface area contributed by atoms with Crippen molar-refractivity contribution in [3.8, 4) is 11.4 Å². The molecule has 8 nitrogen and oxygen atoms in total. The zero-order chi connectivity index (χ0) is 25.2. The first-order valence-corrected chi connectivity index (χ1v) is 12.1. The minimum absolute atomic E-state index is 0.116. The summed E-state index contributed by atoms with van der Waals surface area (Å²) in [5.41, 5.74) is 3.83. The molecular formula is C26H29F2N7O. The van der Waals surface area contributed by atoms with Gasteiger partial charge in [0.25, 0.3) is 0 Å². The van der Waals surface area contributed by atoms with Crippen LogP contribution in [0.1, 0.15) is 48.7 Å². The largest absolute Gasteiger partial charge is 0.494 e. The van der Waals surface area contributed by atoms with Gasteiger partial charge >= 0.3 is 0 Å². The van der Waals surface area contributed by atoms with Gasteiger partial charge in [-0.3, -0.25) is 0 Å². The second-order valence-electron chi connectivity index (χ2n) is 8.99. The highest BCUT2D eigenvalue weighted by Gasteiger charge is 2.32. The zero-order valence-corrected chi connectivity index (χ0v) is 20.6. The van der Waals surface area contributed by atoms with Crippen LogP contribution in [0.2, 0.25) is 0 Å². The number of aryl methyl sites for hydroxylation is 1. The minimum atomic E-state index is -1.20. The summed E-state index contributed by atoms with van der Waals surface area (Å²) in [5, 5.41) is 10.8. The first-order chi connectivity index (χ1) is 17.5. The van der Waals surface area contributed by atoms with Gasteiger partial charge in [-0.2, -0.15) is 10.1 Å². The van der Waals surface area contributed by atoms with Gasteiger partial charge in [0.15, 0.2) is 0 Å². The van der Waals surface area contributed by atoms with Crippen molar-refractivity contribution in [1.82, 2.24) is 24.7 Å². The summed E-state index contributed by atoms with van der Waals surface area (Å²) < 4.78 is 36.2. The van der Waals surface area contributed by atoms with Crippen molar-refractivity contribution in [1.29, 1.82) is 0 Å². The third kappa shape index (κ3) is 4.67. The summed E-state index contributed by atoms with van der Waals surface area (Å²) >= 11 is 0. The summed E-state index contributed by atoms with van der Waals surface area (Å²) in [4.78, 5) is 13.7. The molecule has 2 aromatic heterocycles. The maximum Gasteiger partial charge on any atom is 0.229 e. The van der Waals surface area contributed by atoms with Gasteiger partial charge in [0.1, 0.15) is 41.4 Å². The van der Waals surface area contributed by atoms with E-state index in [0.717, 1.165) is 41.9 Å². The maximum atomic E-state index is 15.1. The first-order valence-electron chi connectivity index (χ1n) is 12.1. The number of ether oxygens (including phenoxy) is 1. The van der Waals surface area contributed by atoms with Crippen LogP contribution in [0.5, 0.6) is 5.75 Å². The Hall–Kier alpha value is -3.82. The first kappa shape index (κ1) is 23.9. The normalized spacial score (nSPS) is 19.6. The van der Waals surface area contributed by atoms with E-state index in [1.165, 1.54) is 6.08 Å². The molecule has 0 amide bonds. The van der Waals surface area contributed by atoms with Gasteiger partial charge in [-0.1, -0.05) is 6.08 Å². The number of rotatable bonds is 6. The third-order valence-corrected chi connectivity index (χ3v) is 6.67. The van der Waals surface area contributed by atoms with Crippen LogP contribution in [0.3, 0.4) is 0 Å². The van der Waals surface area contributed by atoms with Gasteiger partial charge in [-0.05, 0) is 56.4 Å². The van der Waals surface area contributed by atoms with Crippen molar-refractivity contribution in [2.75, 3.05) is 24.8 Å². The number of hydrogen-bond donors (Lipinski definition) is 2. The zero-order valence-electron chi connectivity index (χ0n) is 20.6. The quantitative estimate of drug-likeness (QED) is 0.469. The predicted octanol–water partition coefficient (Wildman–Crippen LogP) is 5.49. The average Bonchev–Trinajstić information content (AvgIpc) is 3.25. The van der Waals surface area contributed by atoms with Crippen molar-refractivity contribution in [3.63, 3.8) is 0 Å². The van der Waals surface area contributed by atoms with E-state index in [-0.39, 0.29) is 24.6 Å². The van der Waals surface area contributed by atoms with E-state index in [2.05, 4.69) is 25.7 Å². The van der Waals surface area contributed by atoms with Crippen molar-refractivity contribution in [2.45, 2.75) is 51.1 Å². The summed E-state index contributed by atoms with van der Waals surface area (Å²) in [6.07, 6.45) is 6.14. The topological polar surface area (TPSA) is 89.8 Å². The Morgan fingerprint density at radius 2 is 2.00 bits per heavy atom.